The second-order valence-corrected chi connectivity index (χ2v) is 4.92. The fraction of sp³-hybridized carbons (Fsp3) is 0.182. The molecule has 1 aromatic heterocycles. The number of halogens is 1. The Morgan fingerprint density at radius 2 is 2.37 bits per heavy atom. The summed E-state index contributed by atoms with van der Waals surface area (Å²) in [5.74, 6) is 0. The molecule has 0 aliphatic heterocycles. The summed E-state index contributed by atoms with van der Waals surface area (Å²) in [5, 5.41) is 23.1. The van der Waals surface area contributed by atoms with E-state index >= 15 is 0 Å². The number of aromatic nitrogens is 2. The van der Waals surface area contributed by atoms with Gasteiger partial charge in [-0.1, -0.05) is 35.1 Å². The van der Waals surface area contributed by atoms with Crippen LogP contribution in [0.5, 0.6) is 0 Å². The zero-order chi connectivity index (χ0) is 13.7. The fourth-order valence-corrected chi connectivity index (χ4v) is 2.03. The van der Waals surface area contributed by atoms with Gasteiger partial charge in [-0.3, -0.25) is 5.32 Å². The Bertz CT molecular complexity index is 549. The van der Waals surface area contributed by atoms with E-state index in [2.05, 4.69) is 20.8 Å². The maximum absolute atomic E-state index is 11.5. The summed E-state index contributed by atoms with van der Waals surface area (Å²) in [7, 11) is 0. The Morgan fingerprint density at radius 3 is 3.05 bits per heavy atom. The molecule has 6 nitrogen and oxygen atoms in total. The highest BCUT2D eigenvalue weighted by Gasteiger charge is 2.10. The van der Waals surface area contributed by atoms with E-state index in [1.54, 1.807) is 24.3 Å². The molecule has 3 N–H and O–H groups in total. The summed E-state index contributed by atoms with van der Waals surface area (Å²) in [6.07, 6.45) is -0.820. The number of hydrogen-bond donors (Lipinski definition) is 3. The Labute approximate surface area is 118 Å². The highest BCUT2D eigenvalue weighted by atomic mass is 35.5. The third kappa shape index (κ3) is 4.16. The number of rotatable bonds is 4. The first kappa shape index (κ1) is 13.7. The minimum atomic E-state index is -0.820. The molecule has 0 unspecified atom stereocenters. The molecule has 0 aliphatic rings. The van der Waals surface area contributed by atoms with Crippen molar-refractivity contribution in [3.8, 4) is 0 Å². The molecule has 0 bridgehead atoms. The van der Waals surface area contributed by atoms with Crippen molar-refractivity contribution in [1.29, 1.82) is 0 Å². The molecule has 2 amide bonds. The van der Waals surface area contributed by atoms with Crippen LogP contribution in [0.2, 0.25) is 5.02 Å². The standard InChI is InChI=1S/C11H11ClN4O2S/c12-8-3-1-2-7(4-8)9(17)5-13-10(18)15-11-16-14-6-19-11/h1-4,6,9,17H,5H2,(H2,13,15,16,18)/t9-/m0/s1. The van der Waals surface area contributed by atoms with E-state index in [0.29, 0.717) is 15.7 Å². The number of nitrogens with one attached hydrogen (secondary N) is 2. The van der Waals surface area contributed by atoms with E-state index < -0.39 is 12.1 Å². The first-order valence-electron chi connectivity index (χ1n) is 5.39. The van der Waals surface area contributed by atoms with Crippen LogP contribution in [-0.2, 0) is 0 Å². The van der Waals surface area contributed by atoms with Gasteiger partial charge in [-0.2, -0.15) is 0 Å². The molecule has 0 spiro atoms. The predicted molar refractivity (Wildman–Crippen MR) is 73.3 cm³/mol. The molecule has 100 valence electrons. The van der Waals surface area contributed by atoms with E-state index in [4.69, 9.17) is 11.6 Å². The Morgan fingerprint density at radius 1 is 1.53 bits per heavy atom. The fourth-order valence-electron chi connectivity index (χ4n) is 1.39. The highest BCUT2D eigenvalue weighted by molar-refractivity contribution is 7.13. The average Bonchev–Trinajstić information content (AvgIpc) is 2.88. The molecule has 2 rings (SSSR count). The summed E-state index contributed by atoms with van der Waals surface area (Å²) < 4.78 is 0. The molecule has 0 saturated carbocycles. The maximum Gasteiger partial charge on any atom is 0.321 e. The molecule has 0 fully saturated rings. The van der Waals surface area contributed by atoms with Gasteiger partial charge in [0.05, 0.1) is 6.10 Å². The van der Waals surface area contributed by atoms with Crippen molar-refractivity contribution in [2.24, 2.45) is 0 Å². The number of aliphatic hydroxyl groups excluding tert-OH is 1. The number of nitrogens with zero attached hydrogens (tertiary/aromatic N) is 2. The van der Waals surface area contributed by atoms with Crippen LogP contribution < -0.4 is 10.6 Å². The number of hydrogen-bond acceptors (Lipinski definition) is 5. The van der Waals surface area contributed by atoms with Crippen LogP contribution in [0.4, 0.5) is 9.93 Å². The van der Waals surface area contributed by atoms with Gasteiger partial charge in [0.25, 0.3) is 0 Å². The molecule has 0 radical (unpaired) electrons. The van der Waals surface area contributed by atoms with Gasteiger partial charge in [0.1, 0.15) is 5.51 Å². The van der Waals surface area contributed by atoms with Crippen molar-refractivity contribution in [2.75, 3.05) is 11.9 Å². The number of urea groups is 1. The molecule has 0 saturated heterocycles. The third-order valence-corrected chi connectivity index (χ3v) is 3.11. The second kappa shape index (κ2) is 6.46. The zero-order valence-electron chi connectivity index (χ0n) is 9.71. The minimum absolute atomic E-state index is 0.0744. The van der Waals surface area contributed by atoms with Gasteiger partial charge in [-0.05, 0) is 17.7 Å². The van der Waals surface area contributed by atoms with Crippen LogP contribution in [0.1, 0.15) is 11.7 Å². The normalized spacial score (nSPS) is 11.9. The van der Waals surface area contributed by atoms with Gasteiger partial charge in [-0.25, -0.2) is 4.79 Å². The summed E-state index contributed by atoms with van der Waals surface area (Å²) in [4.78, 5) is 11.5. The third-order valence-electron chi connectivity index (χ3n) is 2.27. The molecular weight excluding hydrogens is 288 g/mol. The molecule has 0 aliphatic carbocycles. The van der Waals surface area contributed by atoms with Crippen LogP contribution in [0.15, 0.2) is 29.8 Å². The van der Waals surface area contributed by atoms with Crippen LogP contribution in [0.3, 0.4) is 0 Å². The first-order chi connectivity index (χ1) is 9.15. The smallest absolute Gasteiger partial charge is 0.321 e. The number of amides is 2. The lowest BCUT2D eigenvalue weighted by Crippen LogP contribution is -2.32. The van der Waals surface area contributed by atoms with Gasteiger partial charge in [0.2, 0.25) is 5.13 Å². The van der Waals surface area contributed by atoms with Crippen molar-refractivity contribution < 1.29 is 9.90 Å². The summed E-state index contributed by atoms with van der Waals surface area (Å²) in [6, 6.07) is 6.39. The largest absolute Gasteiger partial charge is 0.387 e. The molecule has 1 heterocycles. The van der Waals surface area contributed by atoms with Crippen molar-refractivity contribution in [3.63, 3.8) is 0 Å². The van der Waals surface area contributed by atoms with Gasteiger partial charge in [-0.15, -0.1) is 10.2 Å². The minimum Gasteiger partial charge on any atom is -0.387 e. The SMILES string of the molecule is O=C(NC[C@H](O)c1cccc(Cl)c1)Nc1nncs1. The van der Waals surface area contributed by atoms with Gasteiger partial charge >= 0.3 is 6.03 Å². The van der Waals surface area contributed by atoms with Crippen molar-refractivity contribution in [3.05, 3.63) is 40.4 Å². The monoisotopic (exact) mass is 298 g/mol. The van der Waals surface area contributed by atoms with Crippen molar-refractivity contribution in [2.45, 2.75) is 6.10 Å². The van der Waals surface area contributed by atoms with Gasteiger partial charge in [0, 0.05) is 11.6 Å². The van der Waals surface area contributed by atoms with E-state index in [9.17, 15) is 9.90 Å². The maximum atomic E-state index is 11.5. The first-order valence-corrected chi connectivity index (χ1v) is 6.65. The average molecular weight is 299 g/mol. The summed E-state index contributed by atoms with van der Waals surface area (Å²) >= 11 is 7.03. The van der Waals surface area contributed by atoms with Crippen LogP contribution in [0.25, 0.3) is 0 Å². The number of carbonyl (C=O) groups excluding carboxylic acids is 1. The predicted octanol–water partition coefficient (Wildman–Crippen LogP) is 2.05. The van der Waals surface area contributed by atoms with Crippen LogP contribution >= 0.6 is 22.9 Å². The Hall–Kier alpha value is -1.70. The molecule has 1 aromatic carbocycles. The van der Waals surface area contributed by atoms with Crippen LogP contribution in [-0.4, -0.2) is 27.9 Å². The van der Waals surface area contributed by atoms with E-state index in [-0.39, 0.29) is 6.54 Å². The van der Waals surface area contributed by atoms with Crippen molar-refractivity contribution in [1.82, 2.24) is 15.5 Å². The molecule has 8 heteroatoms. The van der Waals surface area contributed by atoms with Crippen molar-refractivity contribution >= 4 is 34.1 Å². The zero-order valence-corrected chi connectivity index (χ0v) is 11.3. The van der Waals surface area contributed by atoms with Crippen LogP contribution in [0, 0.1) is 0 Å². The molecule has 19 heavy (non-hydrogen) atoms. The number of carbonyl (C=O) groups is 1. The lowest BCUT2D eigenvalue weighted by atomic mass is 10.1. The van der Waals surface area contributed by atoms with E-state index in [1.807, 2.05) is 0 Å². The lowest BCUT2D eigenvalue weighted by molar-refractivity contribution is 0.175. The van der Waals surface area contributed by atoms with Gasteiger partial charge < -0.3 is 10.4 Å². The summed E-state index contributed by atoms with van der Waals surface area (Å²) in [5.41, 5.74) is 2.15. The number of benzene rings is 1. The lowest BCUT2D eigenvalue weighted by Gasteiger charge is -2.12. The quantitative estimate of drug-likeness (QED) is 0.806. The summed E-state index contributed by atoms with van der Waals surface area (Å²) in [6.45, 7) is 0.0744. The molecule has 2 aromatic rings. The second-order valence-electron chi connectivity index (χ2n) is 3.65. The Balaban J connectivity index is 1.83. The van der Waals surface area contributed by atoms with E-state index in [1.165, 1.54) is 16.8 Å². The number of anilines is 1. The Kier molecular flexibility index (Phi) is 4.67. The molecular formula is C11H11ClN4O2S. The topological polar surface area (TPSA) is 87.1 Å². The number of aliphatic hydroxyl groups is 1. The van der Waals surface area contributed by atoms with Gasteiger partial charge in [0.15, 0.2) is 0 Å². The van der Waals surface area contributed by atoms with E-state index in [0.717, 1.165) is 0 Å². The molecule has 1 atom stereocenters. The highest BCUT2D eigenvalue weighted by Crippen LogP contribution is 2.17.